The molecule has 0 bridgehead atoms. The molecule has 23 nitrogen and oxygen atoms in total. The average molecular weight is 1120 g/mol. The van der Waals surface area contributed by atoms with E-state index in [1.165, 1.54) is 41.1 Å². The van der Waals surface area contributed by atoms with Gasteiger partial charge in [-0.15, -0.1) is 11.6 Å². The molecule has 8 amide bonds. The molecule has 0 saturated heterocycles. The number of primary amides is 1. The number of fused-ring (bicyclic) bond motifs is 4. The lowest BCUT2D eigenvalue weighted by atomic mass is 9.92. The number of halogens is 1. The predicted octanol–water partition coefficient (Wildman–Crippen LogP) is 5.67. The Kier molecular flexibility index (Phi) is 20.2. The number of likely N-dealkylation sites (N-methyl/N-ethyl adjacent to an activating group) is 1. The summed E-state index contributed by atoms with van der Waals surface area (Å²) in [5.41, 5.74) is 15.6. The third-order valence-electron chi connectivity index (χ3n) is 13.4. The summed E-state index contributed by atoms with van der Waals surface area (Å²) in [5.74, 6) is -1.93. The van der Waals surface area contributed by atoms with E-state index in [1.54, 1.807) is 78.0 Å². The molecule has 0 saturated carbocycles. The van der Waals surface area contributed by atoms with Crippen molar-refractivity contribution in [3.05, 3.63) is 125 Å². The Bertz CT molecular complexity index is 3210. The number of alkyl halides is 1. The maximum atomic E-state index is 14.5. The first-order chi connectivity index (χ1) is 38.3. The Labute approximate surface area is 466 Å². The zero-order chi connectivity index (χ0) is 57.6. The first-order valence-corrected chi connectivity index (χ1v) is 26.4. The van der Waals surface area contributed by atoms with Crippen LogP contribution in [0.1, 0.15) is 70.1 Å². The quantitative estimate of drug-likeness (QED) is 0.0268. The van der Waals surface area contributed by atoms with Gasteiger partial charge in [0.05, 0.1) is 37.2 Å². The lowest BCUT2D eigenvalue weighted by molar-refractivity contribution is -0.128. The predicted molar refractivity (Wildman–Crippen MR) is 300 cm³/mol. The lowest BCUT2D eigenvalue weighted by Gasteiger charge is -2.26. The van der Waals surface area contributed by atoms with Gasteiger partial charge >= 0.3 is 18.2 Å². The van der Waals surface area contributed by atoms with E-state index in [9.17, 15) is 43.8 Å². The third-order valence-corrected chi connectivity index (χ3v) is 13.7. The van der Waals surface area contributed by atoms with Crippen LogP contribution in [0.4, 0.5) is 31.4 Å². The molecule has 0 spiro atoms. The minimum absolute atomic E-state index is 0.00624. The summed E-state index contributed by atoms with van der Waals surface area (Å²) < 4.78 is 18.9. The van der Waals surface area contributed by atoms with Gasteiger partial charge in [-0.3, -0.25) is 19.2 Å². The van der Waals surface area contributed by atoms with Crippen LogP contribution in [0.2, 0.25) is 0 Å². The van der Waals surface area contributed by atoms with Crippen LogP contribution in [0, 0.1) is 12.8 Å². The summed E-state index contributed by atoms with van der Waals surface area (Å²) in [6.45, 7) is 5.59. The summed E-state index contributed by atoms with van der Waals surface area (Å²) >= 11 is 6.63. The number of carbonyl (C=O) groups excluding carboxylic acids is 7. The van der Waals surface area contributed by atoms with Crippen molar-refractivity contribution in [3.63, 3.8) is 0 Å². The number of aliphatic hydroxyl groups is 1. The molecule has 4 aromatic carbocycles. The van der Waals surface area contributed by atoms with Crippen LogP contribution in [0.15, 0.2) is 97.3 Å². The van der Waals surface area contributed by atoms with Gasteiger partial charge in [0.15, 0.2) is 0 Å². The first kappa shape index (κ1) is 59.2. The summed E-state index contributed by atoms with van der Waals surface area (Å²) in [5, 5.41) is 31.1. The van der Waals surface area contributed by atoms with Gasteiger partial charge < -0.3 is 76.3 Å². The van der Waals surface area contributed by atoms with E-state index in [0.717, 1.165) is 16.5 Å². The number of rotatable bonds is 24. The number of phenolic OH excluding ortho intramolecular Hbond substituents is 1. The molecule has 10 N–H and O–H groups in total. The molecule has 424 valence electrons. The number of carbonyl (C=O) groups is 7. The van der Waals surface area contributed by atoms with E-state index in [-0.39, 0.29) is 100 Å². The van der Waals surface area contributed by atoms with Crippen molar-refractivity contribution >= 4 is 86.9 Å². The number of nitrogens with two attached hydrogens (primary N) is 2. The average Bonchev–Trinajstić information content (AvgIpc) is 4.17. The van der Waals surface area contributed by atoms with E-state index >= 15 is 0 Å². The zero-order valence-electron chi connectivity index (χ0n) is 44.8. The number of anilines is 3. The number of amides is 8. The minimum Gasteiger partial charge on any atom is -0.508 e. The maximum Gasteiger partial charge on any atom is 0.415 e. The molecule has 3 atom stereocenters. The van der Waals surface area contributed by atoms with E-state index in [1.807, 2.05) is 25.1 Å². The van der Waals surface area contributed by atoms with Crippen molar-refractivity contribution in [2.45, 2.75) is 58.2 Å². The molecule has 7 rings (SSSR count). The molecule has 24 heteroatoms. The Balaban J connectivity index is 1.01. The molecule has 0 aliphatic carbocycles. The number of hydrogen-bond donors (Lipinski definition) is 8. The molecule has 2 unspecified atom stereocenters. The number of nitrogens with zero attached hydrogens (tertiary/aromatic N) is 5. The number of pyridine rings is 1. The molecule has 2 aromatic heterocycles. The summed E-state index contributed by atoms with van der Waals surface area (Å²) in [6.07, 6.45) is 2.25. The minimum atomic E-state index is -0.961. The second-order valence-corrected chi connectivity index (χ2v) is 19.8. The van der Waals surface area contributed by atoms with Crippen LogP contribution < -0.4 is 42.4 Å². The molecule has 6 aromatic rings. The van der Waals surface area contributed by atoms with Crippen molar-refractivity contribution in [3.8, 4) is 11.5 Å². The molecule has 1 aliphatic heterocycles. The number of hydrogen-bond acceptors (Lipinski definition) is 14. The van der Waals surface area contributed by atoms with E-state index in [4.69, 9.17) is 37.3 Å². The van der Waals surface area contributed by atoms with Gasteiger partial charge in [-0.25, -0.2) is 19.4 Å². The van der Waals surface area contributed by atoms with E-state index in [2.05, 4.69) is 26.3 Å². The highest BCUT2D eigenvalue weighted by Crippen LogP contribution is 2.47. The number of nitrogens with one attached hydrogen (secondary N) is 4. The number of aryl methyl sites for hydroxylation is 1. The van der Waals surface area contributed by atoms with Crippen LogP contribution in [0.5, 0.6) is 11.5 Å². The monoisotopic (exact) mass is 1120 g/mol. The van der Waals surface area contributed by atoms with Crippen molar-refractivity contribution in [1.29, 1.82) is 0 Å². The first-order valence-electron chi connectivity index (χ1n) is 25.9. The fourth-order valence-corrected chi connectivity index (χ4v) is 9.15. The summed E-state index contributed by atoms with van der Waals surface area (Å²) in [6, 6.07) is 20.4. The van der Waals surface area contributed by atoms with Crippen molar-refractivity contribution in [2.75, 3.05) is 81.0 Å². The Hall–Kier alpha value is -8.51. The van der Waals surface area contributed by atoms with Crippen LogP contribution in [-0.4, -0.2) is 149 Å². The molecule has 0 radical (unpaired) electrons. The number of phenols is 1. The Morgan fingerprint density at radius 1 is 0.887 bits per heavy atom. The molecule has 80 heavy (non-hydrogen) atoms. The van der Waals surface area contributed by atoms with Crippen molar-refractivity contribution < 1.29 is 58.0 Å². The highest BCUT2D eigenvalue weighted by atomic mass is 35.5. The number of urea groups is 1. The number of aliphatic hydroxyl groups excluding tert-OH is 1. The standard InChI is InChI=1S/C56H66ClN11O12/c1-33(2)49(58)52(73)64-42(9-6-20-60-54(59)75)51(72)61-38-14-10-35(11-15-38)32-79-55(76)65(4)21-22-66(23-25-78-26-24-69)56(77)80-45-27-44-48(47-34(3)7-5-8-41(45)47)37(28-57)29-68(44)53(74)43-31-67-30-39(16-19-46(67)63-43)62-50(71)36-12-17-40(70)18-13-36/h5,7-8,10-19,27,30-31,33,37,42,49,69-70H,6,9,20-26,28-29,32,58H2,1-4H3,(H,61,72)(H,62,71)(H,64,73)(H3,59,60,75)/t37?,42?,49-/m0/s1. The highest BCUT2D eigenvalue weighted by Gasteiger charge is 2.37. The number of benzene rings is 4. The van der Waals surface area contributed by atoms with E-state index < -0.39 is 53.9 Å². The zero-order valence-corrected chi connectivity index (χ0v) is 45.5. The van der Waals surface area contributed by atoms with Gasteiger partial charge in [0, 0.05) is 86.7 Å². The fourth-order valence-electron chi connectivity index (χ4n) is 8.89. The molecule has 3 heterocycles. The van der Waals surface area contributed by atoms with Gasteiger partial charge in [-0.05, 0) is 96.3 Å². The van der Waals surface area contributed by atoms with Crippen molar-refractivity contribution in [2.24, 2.45) is 17.4 Å². The second kappa shape index (κ2) is 27.4. The third kappa shape index (κ3) is 15.0. The lowest BCUT2D eigenvalue weighted by Crippen LogP contribution is -2.51. The number of aromatic hydroxyl groups is 1. The normalized spacial score (nSPS) is 13.6. The topological polar surface area (TPSA) is 315 Å². The molecular weight excluding hydrogens is 1050 g/mol. The number of ether oxygens (including phenoxy) is 3. The Morgan fingerprint density at radius 2 is 1.62 bits per heavy atom. The summed E-state index contributed by atoms with van der Waals surface area (Å²) in [4.78, 5) is 101. The van der Waals surface area contributed by atoms with Crippen molar-refractivity contribution in [1.82, 2.24) is 29.8 Å². The van der Waals surface area contributed by atoms with Crippen LogP contribution >= 0.6 is 11.6 Å². The second-order valence-electron chi connectivity index (χ2n) is 19.5. The van der Waals surface area contributed by atoms with Gasteiger partial charge in [0.2, 0.25) is 11.8 Å². The smallest absolute Gasteiger partial charge is 0.415 e. The molecule has 1 aliphatic rings. The van der Waals surface area contributed by atoms with Crippen LogP contribution in [0.3, 0.4) is 0 Å². The van der Waals surface area contributed by atoms with Gasteiger partial charge in [0.1, 0.15) is 35.5 Å². The van der Waals surface area contributed by atoms with Gasteiger partial charge in [-0.1, -0.05) is 44.2 Å². The van der Waals surface area contributed by atoms with E-state index in [0.29, 0.717) is 45.6 Å². The largest absolute Gasteiger partial charge is 0.508 e. The number of imidazole rings is 1. The highest BCUT2D eigenvalue weighted by molar-refractivity contribution is 6.19. The van der Waals surface area contributed by atoms with Crippen LogP contribution in [0.25, 0.3) is 16.4 Å². The van der Waals surface area contributed by atoms with Gasteiger partial charge in [0.25, 0.3) is 11.8 Å². The summed E-state index contributed by atoms with van der Waals surface area (Å²) in [7, 11) is 1.51. The number of aromatic nitrogens is 2. The fraction of sp³-hybridized carbons (Fsp3) is 0.357. The molecular formula is C56H66ClN11O12. The SMILES string of the molecule is Cc1cccc2c(OC(=O)N(CCOCCO)CCN(C)C(=O)OCc3ccc(NC(=O)C(CCCNC(N)=O)NC(=O)[C@@H](N)C(C)C)cc3)cc3c(c12)C(CCl)CN3C(=O)c1cn2cc(NC(=O)c3ccc(O)cc3)ccc2n1. The Morgan fingerprint density at radius 3 is 2.33 bits per heavy atom. The van der Waals surface area contributed by atoms with Gasteiger partial charge in [-0.2, -0.15) is 0 Å². The molecule has 0 fully saturated rings. The maximum absolute atomic E-state index is 14.5. The van der Waals surface area contributed by atoms with Crippen LogP contribution in [-0.2, 0) is 25.7 Å².